The summed E-state index contributed by atoms with van der Waals surface area (Å²) in [7, 11) is 0. The minimum absolute atomic E-state index is 0.0676. The molecule has 7 heteroatoms. The summed E-state index contributed by atoms with van der Waals surface area (Å²) in [5.74, 6) is 0.363. The maximum atomic E-state index is 11.6. The van der Waals surface area contributed by atoms with Gasteiger partial charge in [0.2, 0.25) is 11.7 Å². The van der Waals surface area contributed by atoms with E-state index in [0.717, 1.165) is 8.95 Å². The average molecular weight is 389 g/mol. The zero-order valence-corrected chi connectivity index (χ0v) is 13.5. The fourth-order valence-electron chi connectivity index (χ4n) is 1.53. The molecule has 0 spiro atoms. The Bertz CT molecular complexity index is 613. The second-order valence-corrected chi connectivity index (χ2v) is 5.75. The molecule has 2 aromatic heterocycles. The van der Waals surface area contributed by atoms with Gasteiger partial charge in [-0.05, 0) is 44.8 Å². The normalized spacial score (nSPS) is 12.4. The molecule has 0 saturated carbocycles. The molecule has 0 N–H and O–H groups in total. The highest BCUT2D eigenvalue weighted by Gasteiger charge is 2.21. The molecule has 0 amide bonds. The summed E-state index contributed by atoms with van der Waals surface area (Å²) >= 11 is 6.72. The Morgan fingerprint density at radius 2 is 2.21 bits per heavy atom. The van der Waals surface area contributed by atoms with E-state index in [1.165, 1.54) is 0 Å². The van der Waals surface area contributed by atoms with Gasteiger partial charge in [0.15, 0.2) is 0 Å². The maximum Gasteiger partial charge on any atom is 0.237 e. The highest BCUT2D eigenvalue weighted by atomic mass is 79.9. The second kappa shape index (κ2) is 5.92. The van der Waals surface area contributed by atoms with Crippen molar-refractivity contribution in [3.8, 4) is 11.5 Å². The Kier molecular flexibility index (Phi) is 4.46. The second-order valence-electron chi connectivity index (χ2n) is 3.98. The van der Waals surface area contributed by atoms with Crippen LogP contribution in [-0.4, -0.2) is 20.9 Å². The molecule has 1 atom stereocenters. The predicted molar refractivity (Wildman–Crippen MR) is 76.6 cm³/mol. The summed E-state index contributed by atoms with van der Waals surface area (Å²) in [5.41, 5.74) is 0.578. The Morgan fingerprint density at radius 1 is 1.47 bits per heavy atom. The lowest BCUT2D eigenvalue weighted by Gasteiger charge is -2.01. The van der Waals surface area contributed by atoms with Gasteiger partial charge in [0, 0.05) is 21.6 Å². The van der Waals surface area contributed by atoms with E-state index in [-0.39, 0.29) is 11.7 Å². The minimum atomic E-state index is -0.388. The lowest BCUT2D eigenvalue weighted by molar-refractivity contribution is -0.120. The third-order valence-electron chi connectivity index (χ3n) is 2.66. The van der Waals surface area contributed by atoms with Crippen LogP contribution in [-0.2, 0) is 4.79 Å². The molecule has 0 aliphatic rings. The molecular weight excluding hydrogens is 378 g/mol. The van der Waals surface area contributed by atoms with Crippen LogP contribution >= 0.6 is 31.9 Å². The molecule has 5 nitrogen and oxygen atoms in total. The molecule has 100 valence electrons. The van der Waals surface area contributed by atoms with Crippen molar-refractivity contribution in [2.75, 3.05) is 0 Å². The van der Waals surface area contributed by atoms with Crippen LogP contribution in [0.25, 0.3) is 11.5 Å². The smallest absolute Gasteiger partial charge is 0.237 e. The predicted octanol–water partition coefficient (Wildman–Crippen LogP) is 3.74. The fraction of sp³-hybridized carbons (Fsp3) is 0.333. The molecule has 0 aliphatic heterocycles. The van der Waals surface area contributed by atoms with Gasteiger partial charge in [-0.3, -0.25) is 9.78 Å². The van der Waals surface area contributed by atoms with Gasteiger partial charge in [-0.25, -0.2) is 0 Å². The van der Waals surface area contributed by atoms with E-state index in [1.807, 2.05) is 13.0 Å². The zero-order chi connectivity index (χ0) is 14.0. The van der Waals surface area contributed by atoms with Crippen molar-refractivity contribution >= 4 is 37.6 Å². The quantitative estimate of drug-likeness (QED) is 0.797. The van der Waals surface area contributed by atoms with Crippen LogP contribution in [0.4, 0.5) is 0 Å². The first-order valence-corrected chi connectivity index (χ1v) is 7.29. The van der Waals surface area contributed by atoms with Crippen LogP contribution in [0, 0.1) is 0 Å². The van der Waals surface area contributed by atoms with E-state index in [9.17, 15) is 4.79 Å². The van der Waals surface area contributed by atoms with Crippen molar-refractivity contribution in [1.29, 1.82) is 0 Å². The number of rotatable bonds is 4. The summed E-state index contributed by atoms with van der Waals surface area (Å²) in [6, 6.07) is 1.85. The van der Waals surface area contributed by atoms with Gasteiger partial charge >= 0.3 is 0 Å². The number of hydrogen-bond donors (Lipinski definition) is 0. The van der Waals surface area contributed by atoms with Crippen LogP contribution in [0.2, 0.25) is 0 Å². The lowest BCUT2D eigenvalue weighted by Crippen LogP contribution is -2.07. The highest BCUT2D eigenvalue weighted by molar-refractivity contribution is 9.11. The first-order valence-electron chi connectivity index (χ1n) is 5.70. The highest BCUT2D eigenvalue weighted by Crippen LogP contribution is 2.27. The molecule has 2 heterocycles. The molecule has 1 unspecified atom stereocenters. The number of nitrogens with zero attached hydrogens (tertiary/aromatic N) is 3. The van der Waals surface area contributed by atoms with Crippen molar-refractivity contribution < 1.29 is 9.32 Å². The summed E-state index contributed by atoms with van der Waals surface area (Å²) in [6.07, 6.45) is 2.09. The molecular formula is C12H11Br2N3O2. The van der Waals surface area contributed by atoms with Gasteiger partial charge in [0.05, 0.1) is 5.92 Å². The van der Waals surface area contributed by atoms with E-state index in [0.29, 0.717) is 23.8 Å². The van der Waals surface area contributed by atoms with Gasteiger partial charge in [-0.1, -0.05) is 12.1 Å². The SMILES string of the molecule is CCC(=O)C(C)c1nc(-c2ncc(Br)cc2Br)no1. The molecule has 0 bridgehead atoms. The Balaban J connectivity index is 2.33. The van der Waals surface area contributed by atoms with Crippen molar-refractivity contribution in [2.24, 2.45) is 0 Å². The van der Waals surface area contributed by atoms with E-state index in [1.54, 1.807) is 13.1 Å². The van der Waals surface area contributed by atoms with Crippen molar-refractivity contribution in [3.05, 3.63) is 27.1 Å². The number of hydrogen-bond acceptors (Lipinski definition) is 5. The van der Waals surface area contributed by atoms with Crippen LogP contribution in [0.1, 0.15) is 32.1 Å². The first kappa shape index (κ1) is 14.3. The van der Waals surface area contributed by atoms with Gasteiger partial charge in [-0.2, -0.15) is 4.98 Å². The minimum Gasteiger partial charge on any atom is -0.338 e. The number of carbonyl (C=O) groups is 1. The van der Waals surface area contributed by atoms with Gasteiger partial charge in [-0.15, -0.1) is 0 Å². The van der Waals surface area contributed by atoms with Crippen LogP contribution < -0.4 is 0 Å². The molecule has 0 aromatic carbocycles. The number of ketones is 1. The average Bonchev–Trinajstić information content (AvgIpc) is 2.86. The number of halogens is 2. The molecule has 0 saturated heterocycles. The van der Waals surface area contributed by atoms with E-state index in [2.05, 4.69) is 47.0 Å². The summed E-state index contributed by atoms with van der Waals surface area (Å²) in [5, 5.41) is 3.87. The van der Waals surface area contributed by atoms with Crippen LogP contribution in [0.3, 0.4) is 0 Å². The van der Waals surface area contributed by atoms with Crippen LogP contribution in [0.5, 0.6) is 0 Å². The lowest BCUT2D eigenvalue weighted by atomic mass is 10.1. The van der Waals surface area contributed by atoms with E-state index < -0.39 is 0 Å². The van der Waals surface area contributed by atoms with E-state index >= 15 is 0 Å². The number of carbonyl (C=O) groups excluding carboxylic acids is 1. The summed E-state index contributed by atoms with van der Waals surface area (Å²) in [4.78, 5) is 20.1. The zero-order valence-electron chi connectivity index (χ0n) is 10.4. The van der Waals surface area contributed by atoms with Crippen molar-refractivity contribution in [3.63, 3.8) is 0 Å². The monoisotopic (exact) mass is 387 g/mol. The Morgan fingerprint density at radius 3 is 2.84 bits per heavy atom. The van der Waals surface area contributed by atoms with E-state index in [4.69, 9.17) is 4.52 Å². The van der Waals surface area contributed by atoms with Crippen molar-refractivity contribution in [2.45, 2.75) is 26.2 Å². The first-order chi connectivity index (χ1) is 9.02. The summed E-state index contributed by atoms with van der Waals surface area (Å²) in [6.45, 7) is 3.57. The third-order valence-corrected chi connectivity index (χ3v) is 3.70. The topological polar surface area (TPSA) is 68.9 Å². The molecule has 0 aliphatic carbocycles. The number of pyridine rings is 1. The molecule has 2 aromatic rings. The molecule has 19 heavy (non-hydrogen) atoms. The largest absolute Gasteiger partial charge is 0.338 e. The number of Topliss-reactive ketones (excluding diaryl/α,β-unsaturated/α-hetero) is 1. The molecule has 2 rings (SSSR count). The fourth-order valence-corrected chi connectivity index (χ4v) is 2.70. The van der Waals surface area contributed by atoms with Crippen LogP contribution in [0.15, 0.2) is 25.7 Å². The van der Waals surface area contributed by atoms with Gasteiger partial charge in [0.25, 0.3) is 0 Å². The molecule has 0 radical (unpaired) electrons. The van der Waals surface area contributed by atoms with Gasteiger partial charge < -0.3 is 4.52 Å². The number of aromatic nitrogens is 3. The Hall–Kier alpha value is -1.08. The van der Waals surface area contributed by atoms with Gasteiger partial charge in [0.1, 0.15) is 11.5 Å². The summed E-state index contributed by atoms with van der Waals surface area (Å²) < 4.78 is 6.74. The Labute approximate surface area is 127 Å². The maximum absolute atomic E-state index is 11.6. The molecule has 0 fully saturated rings. The standard InChI is InChI=1S/C12H11Br2N3O2/c1-3-9(18)6(2)12-16-11(17-19-12)10-8(14)4-7(13)5-15-10/h4-6H,3H2,1-2H3. The van der Waals surface area contributed by atoms with Crippen molar-refractivity contribution in [1.82, 2.24) is 15.1 Å². The third kappa shape index (κ3) is 3.09.